The van der Waals surface area contributed by atoms with Crippen LogP contribution in [-0.2, 0) is 7.05 Å². The normalized spacial score (nSPS) is 12.7. The molecule has 20 heavy (non-hydrogen) atoms. The van der Waals surface area contributed by atoms with Crippen molar-refractivity contribution in [2.24, 2.45) is 7.05 Å². The highest BCUT2D eigenvalue weighted by Gasteiger charge is 2.24. The van der Waals surface area contributed by atoms with E-state index in [1.54, 1.807) is 30.1 Å². The lowest BCUT2D eigenvalue weighted by atomic mass is 10.0. The average molecular weight is 361 g/mol. The van der Waals surface area contributed by atoms with Gasteiger partial charge in [0.2, 0.25) is 0 Å². The summed E-state index contributed by atoms with van der Waals surface area (Å²) in [4.78, 5) is 0. The number of hydrogen-bond acceptors (Lipinski definition) is 2. The molecule has 108 valence electrons. The summed E-state index contributed by atoms with van der Waals surface area (Å²) >= 11 is 9.43. The predicted molar refractivity (Wildman–Crippen MR) is 82.5 cm³/mol. The molecule has 0 spiro atoms. The van der Waals surface area contributed by atoms with Crippen LogP contribution >= 0.6 is 27.5 Å². The standard InChI is InChI=1S/C14H16BrClFN3/c1-3-7-18-13(14-11(16)8-19-20(14)2)9-5-4-6-10(15)12(9)17/h4-6,8,13,18H,3,7H2,1-2H3. The third-order valence-corrected chi connectivity index (χ3v) is 4.01. The first-order valence-electron chi connectivity index (χ1n) is 6.41. The largest absolute Gasteiger partial charge is 0.305 e. The molecule has 3 nitrogen and oxygen atoms in total. The lowest BCUT2D eigenvalue weighted by molar-refractivity contribution is 0.518. The van der Waals surface area contributed by atoms with Crippen molar-refractivity contribution < 1.29 is 4.39 Å². The maximum Gasteiger partial charge on any atom is 0.142 e. The SMILES string of the molecule is CCCNC(c1cccc(Br)c1F)c1c(Cl)cnn1C. The van der Waals surface area contributed by atoms with Crippen molar-refractivity contribution in [2.45, 2.75) is 19.4 Å². The molecule has 1 N–H and O–H groups in total. The summed E-state index contributed by atoms with van der Waals surface area (Å²) in [7, 11) is 1.80. The van der Waals surface area contributed by atoms with Crippen molar-refractivity contribution in [3.8, 4) is 0 Å². The Hall–Kier alpha value is -0.910. The van der Waals surface area contributed by atoms with Gasteiger partial charge in [-0.3, -0.25) is 4.68 Å². The minimum atomic E-state index is -0.326. The van der Waals surface area contributed by atoms with Crippen molar-refractivity contribution in [3.05, 3.63) is 51.0 Å². The number of benzene rings is 1. The van der Waals surface area contributed by atoms with Crippen LogP contribution in [-0.4, -0.2) is 16.3 Å². The van der Waals surface area contributed by atoms with Gasteiger partial charge in [-0.2, -0.15) is 5.10 Å². The minimum absolute atomic E-state index is 0.279. The molecule has 0 aliphatic rings. The van der Waals surface area contributed by atoms with Gasteiger partial charge >= 0.3 is 0 Å². The molecule has 0 aliphatic carbocycles. The van der Waals surface area contributed by atoms with Crippen LogP contribution in [0.5, 0.6) is 0 Å². The molecule has 1 atom stereocenters. The smallest absolute Gasteiger partial charge is 0.142 e. The number of halogens is 3. The summed E-state index contributed by atoms with van der Waals surface area (Å²) in [6, 6.07) is 4.93. The Morgan fingerprint density at radius 1 is 1.50 bits per heavy atom. The summed E-state index contributed by atoms with van der Waals surface area (Å²) < 4.78 is 16.5. The summed E-state index contributed by atoms with van der Waals surface area (Å²) in [5.41, 5.74) is 1.32. The first-order valence-corrected chi connectivity index (χ1v) is 7.58. The highest BCUT2D eigenvalue weighted by Crippen LogP contribution is 2.31. The van der Waals surface area contributed by atoms with Crippen molar-refractivity contribution in [1.82, 2.24) is 15.1 Å². The topological polar surface area (TPSA) is 29.9 Å². The van der Waals surface area contributed by atoms with Crippen LogP contribution in [0.1, 0.15) is 30.6 Å². The van der Waals surface area contributed by atoms with Crippen LogP contribution in [0, 0.1) is 5.82 Å². The van der Waals surface area contributed by atoms with E-state index >= 15 is 0 Å². The maximum absolute atomic E-state index is 14.4. The molecule has 0 fully saturated rings. The highest BCUT2D eigenvalue weighted by atomic mass is 79.9. The second kappa shape index (κ2) is 6.70. The monoisotopic (exact) mass is 359 g/mol. The predicted octanol–water partition coefficient (Wildman–Crippen LogP) is 4.06. The fourth-order valence-corrected chi connectivity index (χ4v) is 2.79. The van der Waals surface area contributed by atoms with Crippen LogP contribution in [0.4, 0.5) is 4.39 Å². The number of hydrogen-bond donors (Lipinski definition) is 1. The minimum Gasteiger partial charge on any atom is -0.305 e. The van der Waals surface area contributed by atoms with Gasteiger partial charge in [-0.05, 0) is 35.0 Å². The van der Waals surface area contributed by atoms with E-state index in [1.165, 1.54) is 0 Å². The van der Waals surface area contributed by atoms with Gasteiger partial charge in [-0.15, -0.1) is 0 Å². The van der Waals surface area contributed by atoms with E-state index in [-0.39, 0.29) is 11.9 Å². The zero-order chi connectivity index (χ0) is 14.7. The Kier molecular flexibility index (Phi) is 5.18. The zero-order valence-electron chi connectivity index (χ0n) is 11.3. The van der Waals surface area contributed by atoms with Gasteiger partial charge in [0.15, 0.2) is 0 Å². The van der Waals surface area contributed by atoms with Gasteiger partial charge in [0, 0.05) is 12.6 Å². The Labute approximate surface area is 131 Å². The molecule has 0 saturated heterocycles. The van der Waals surface area contributed by atoms with Gasteiger partial charge in [-0.1, -0.05) is 30.7 Å². The van der Waals surface area contributed by atoms with E-state index in [1.807, 2.05) is 6.07 Å². The third kappa shape index (κ3) is 3.05. The molecule has 1 heterocycles. The molecule has 2 rings (SSSR count). The Morgan fingerprint density at radius 2 is 2.25 bits per heavy atom. The summed E-state index contributed by atoms with van der Waals surface area (Å²) in [6.07, 6.45) is 2.52. The first-order chi connectivity index (χ1) is 9.56. The molecule has 0 amide bonds. The average Bonchev–Trinajstić information content (AvgIpc) is 2.75. The van der Waals surface area contributed by atoms with E-state index in [4.69, 9.17) is 11.6 Å². The molecule has 2 aromatic rings. The molecule has 1 aromatic carbocycles. The molecule has 0 saturated carbocycles. The van der Waals surface area contributed by atoms with E-state index in [0.717, 1.165) is 18.7 Å². The number of aromatic nitrogens is 2. The lowest BCUT2D eigenvalue weighted by Crippen LogP contribution is -2.26. The number of rotatable bonds is 5. The second-order valence-electron chi connectivity index (χ2n) is 4.53. The Bertz CT molecular complexity index is 581. The number of aryl methyl sites for hydroxylation is 1. The van der Waals surface area contributed by atoms with Crippen LogP contribution in [0.25, 0.3) is 0 Å². The van der Waals surface area contributed by atoms with Crippen molar-refractivity contribution in [2.75, 3.05) is 6.54 Å². The van der Waals surface area contributed by atoms with E-state index < -0.39 is 0 Å². The Morgan fingerprint density at radius 3 is 2.85 bits per heavy atom. The number of nitrogens with zero attached hydrogens (tertiary/aromatic N) is 2. The van der Waals surface area contributed by atoms with Gasteiger partial charge in [0.1, 0.15) is 5.82 Å². The van der Waals surface area contributed by atoms with Gasteiger partial charge in [0.05, 0.1) is 27.4 Å². The fraction of sp³-hybridized carbons (Fsp3) is 0.357. The summed E-state index contributed by atoms with van der Waals surface area (Å²) in [5.74, 6) is -0.279. The molecular formula is C14H16BrClFN3. The van der Waals surface area contributed by atoms with Crippen molar-refractivity contribution in [1.29, 1.82) is 0 Å². The summed E-state index contributed by atoms with van der Waals surface area (Å²) in [6.45, 7) is 2.82. The maximum atomic E-state index is 14.4. The molecule has 0 radical (unpaired) electrons. The van der Waals surface area contributed by atoms with E-state index in [9.17, 15) is 4.39 Å². The molecule has 1 aromatic heterocycles. The third-order valence-electron chi connectivity index (χ3n) is 3.10. The lowest BCUT2D eigenvalue weighted by Gasteiger charge is -2.21. The molecular weight excluding hydrogens is 345 g/mol. The summed E-state index contributed by atoms with van der Waals surface area (Å²) in [5, 5.41) is 7.99. The first kappa shape index (κ1) is 15.5. The van der Waals surface area contributed by atoms with Crippen LogP contribution in [0.2, 0.25) is 5.02 Å². The van der Waals surface area contributed by atoms with E-state index in [2.05, 4.69) is 33.3 Å². The fourth-order valence-electron chi connectivity index (χ4n) is 2.13. The van der Waals surface area contributed by atoms with Gasteiger partial charge in [0.25, 0.3) is 0 Å². The molecule has 1 unspecified atom stereocenters. The van der Waals surface area contributed by atoms with Gasteiger partial charge in [-0.25, -0.2) is 4.39 Å². The molecule has 0 aliphatic heterocycles. The zero-order valence-corrected chi connectivity index (χ0v) is 13.7. The second-order valence-corrected chi connectivity index (χ2v) is 5.79. The van der Waals surface area contributed by atoms with Gasteiger partial charge < -0.3 is 5.32 Å². The van der Waals surface area contributed by atoms with Crippen LogP contribution in [0.15, 0.2) is 28.9 Å². The Balaban J connectivity index is 2.50. The van der Waals surface area contributed by atoms with Crippen molar-refractivity contribution in [3.63, 3.8) is 0 Å². The molecule has 6 heteroatoms. The van der Waals surface area contributed by atoms with Crippen LogP contribution in [0.3, 0.4) is 0 Å². The van der Waals surface area contributed by atoms with Crippen molar-refractivity contribution >= 4 is 27.5 Å². The number of nitrogens with one attached hydrogen (secondary N) is 1. The molecule has 0 bridgehead atoms. The van der Waals surface area contributed by atoms with E-state index in [0.29, 0.717) is 15.1 Å². The quantitative estimate of drug-likeness (QED) is 0.871. The van der Waals surface area contributed by atoms with Crippen LogP contribution < -0.4 is 5.32 Å². The highest BCUT2D eigenvalue weighted by molar-refractivity contribution is 9.10.